The van der Waals surface area contributed by atoms with Crippen LogP contribution in [0.25, 0.3) is 0 Å². The highest BCUT2D eigenvalue weighted by atomic mass is 35.5. The van der Waals surface area contributed by atoms with E-state index in [1.165, 1.54) is 0 Å². The highest BCUT2D eigenvalue weighted by Crippen LogP contribution is 2.53. The molecule has 0 aromatic heterocycles. The molecule has 1 fully saturated rings. The Balaban J connectivity index is 2.37. The van der Waals surface area contributed by atoms with Gasteiger partial charge in [-0.2, -0.15) is 0 Å². The maximum absolute atomic E-state index is 11.6. The van der Waals surface area contributed by atoms with Gasteiger partial charge in [-0.1, -0.05) is 23.7 Å². The first-order valence-corrected chi connectivity index (χ1v) is 7.48. The van der Waals surface area contributed by atoms with Gasteiger partial charge < -0.3 is 10.8 Å². The molecule has 0 aliphatic heterocycles. The Bertz CT molecular complexity index is 528. The van der Waals surface area contributed by atoms with Crippen molar-refractivity contribution < 1.29 is 13.5 Å². The van der Waals surface area contributed by atoms with E-state index >= 15 is 0 Å². The maximum atomic E-state index is 11.6. The predicted octanol–water partition coefficient (Wildman–Crippen LogP) is 0.540. The Morgan fingerprint density at radius 2 is 1.94 bits per heavy atom. The molecule has 3 atom stereocenters. The lowest BCUT2D eigenvalue weighted by Gasteiger charge is -2.06. The van der Waals surface area contributed by atoms with Crippen molar-refractivity contribution >= 4 is 21.4 Å². The lowest BCUT2D eigenvalue weighted by Crippen LogP contribution is -2.34. The van der Waals surface area contributed by atoms with E-state index in [-0.39, 0.29) is 12.5 Å². The molecular weight excluding hydrogens is 262 g/mol. The van der Waals surface area contributed by atoms with Crippen LogP contribution in [0.4, 0.5) is 0 Å². The van der Waals surface area contributed by atoms with Crippen LogP contribution in [0.2, 0.25) is 5.02 Å². The molecule has 6 heteroatoms. The Morgan fingerprint density at radius 3 is 2.29 bits per heavy atom. The molecule has 94 valence electrons. The summed E-state index contributed by atoms with van der Waals surface area (Å²) in [6.45, 7) is -0.349. The summed E-state index contributed by atoms with van der Waals surface area (Å²) in [5, 5.41) is 9.13. The number of sulfone groups is 1. The van der Waals surface area contributed by atoms with E-state index < -0.39 is 20.6 Å². The molecule has 0 spiro atoms. The smallest absolute Gasteiger partial charge is 0.152 e. The molecule has 0 bridgehead atoms. The van der Waals surface area contributed by atoms with E-state index in [0.717, 1.165) is 11.8 Å². The van der Waals surface area contributed by atoms with Crippen LogP contribution in [0.15, 0.2) is 24.3 Å². The molecular formula is C11H14ClNO3S. The molecule has 1 saturated carbocycles. The monoisotopic (exact) mass is 275 g/mol. The van der Waals surface area contributed by atoms with Crippen LogP contribution in [-0.4, -0.2) is 37.2 Å². The first-order chi connectivity index (χ1) is 7.80. The van der Waals surface area contributed by atoms with E-state index in [1.54, 1.807) is 24.3 Å². The van der Waals surface area contributed by atoms with E-state index in [0.29, 0.717) is 5.02 Å². The molecule has 2 rings (SSSR count). The van der Waals surface area contributed by atoms with E-state index in [2.05, 4.69) is 0 Å². The van der Waals surface area contributed by atoms with Gasteiger partial charge in [0.1, 0.15) is 0 Å². The van der Waals surface area contributed by atoms with Crippen LogP contribution in [0.3, 0.4) is 0 Å². The molecule has 1 aliphatic carbocycles. The van der Waals surface area contributed by atoms with Crippen LogP contribution in [0.5, 0.6) is 0 Å². The van der Waals surface area contributed by atoms with Crippen molar-refractivity contribution in [1.29, 1.82) is 0 Å². The lowest BCUT2D eigenvalue weighted by molar-refractivity contribution is 0.253. The molecule has 1 aromatic carbocycles. The van der Waals surface area contributed by atoms with Gasteiger partial charge in [0, 0.05) is 17.2 Å². The lowest BCUT2D eigenvalue weighted by atomic mass is 10.1. The van der Waals surface area contributed by atoms with Gasteiger partial charge in [0.25, 0.3) is 0 Å². The predicted molar refractivity (Wildman–Crippen MR) is 66.8 cm³/mol. The maximum Gasteiger partial charge on any atom is 0.152 e. The number of hydrogen-bond donors (Lipinski definition) is 2. The summed E-state index contributed by atoms with van der Waals surface area (Å²) in [5.74, 6) is -0.361. The van der Waals surface area contributed by atoms with Gasteiger partial charge in [-0.15, -0.1) is 0 Å². The number of aliphatic hydroxyl groups excluding tert-OH is 1. The number of halogens is 1. The molecule has 0 unspecified atom stereocenters. The van der Waals surface area contributed by atoms with E-state index in [1.807, 2.05) is 0 Å². The minimum absolute atomic E-state index is 0.349. The standard InChI is InChI=1S/C11H14ClNO3S/c1-17(15,16)10-9(11(10,13)6-14)7-2-4-8(12)5-3-7/h2-5,9-10,14H,6,13H2,1H3/t9-,10+,11-/m0/s1. The average molecular weight is 276 g/mol. The van der Waals surface area contributed by atoms with Crippen molar-refractivity contribution in [1.82, 2.24) is 0 Å². The molecule has 4 nitrogen and oxygen atoms in total. The summed E-state index contributed by atoms with van der Waals surface area (Å²) < 4.78 is 23.2. The first-order valence-electron chi connectivity index (χ1n) is 5.15. The highest BCUT2D eigenvalue weighted by Gasteiger charge is 2.67. The highest BCUT2D eigenvalue weighted by molar-refractivity contribution is 7.91. The van der Waals surface area contributed by atoms with Crippen LogP contribution < -0.4 is 5.73 Å². The second kappa shape index (κ2) is 3.95. The average Bonchev–Trinajstić information content (AvgIpc) is 2.87. The second-order valence-electron chi connectivity index (χ2n) is 4.55. The fourth-order valence-corrected chi connectivity index (χ4v) is 4.38. The number of nitrogens with two attached hydrogens (primary N) is 1. The first kappa shape index (κ1) is 12.8. The van der Waals surface area contributed by atoms with Gasteiger partial charge >= 0.3 is 0 Å². The third-order valence-corrected chi connectivity index (χ3v) is 5.15. The zero-order valence-electron chi connectivity index (χ0n) is 9.30. The fraction of sp³-hybridized carbons (Fsp3) is 0.455. The molecule has 0 amide bonds. The SMILES string of the molecule is CS(=O)(=O)[C@@H]1[C@H](c2ccc(Cl)cc2)[C@@]1(N)CO. The molecule has 1 aliphatic rings. The van der Waals surface area contributed by atoms with Gasteiger partial charge in [0.15, 0.2) is 9.84 Å². The summed E-state index contributed by atoms with van der Waals surface area (Å²) in [5.41, 5.74) is 5.65. The van der Waals surface area contributed by atoms with Crippen molar-refractivity contribution in [2.75, 3.05) is 12.9 Å². The zero-order chi connectivity index (χ0) is 12.8. The van der Waals surface area contributed by atoms with Gasteiger partial charge in [-0.3, -0.25) is 0 Å². The van der Waals surface area contributed by atoms with Gasteiger partial charge in [-0.25, -0.2) is 8.42 Å². The minimum Gasteiger partial charge on any atom is -0.394 e. The molecule has 3 N–H and O–H groups in total. The van der Waals surface area contributed by atoms with Crippen LogP contribution >= 0.6 is 11.6 Å². The molecule has 0 heterocycles. The Morgan fingerprint density at radius 1 is 1.41 bits per heavy atom. The van der Waals surface area contributed by atoms with Gasteiger partial charge in [0.05, 0.1) is 17.4 Å². The molecule has 0 radical (unpaired) electrons. The summed E-state index contributed by atoms with van der Waals surface area (Å²) in [6, 6.07) is 6.86. The number of aliphatic hydroxyl groups is 1. The van der Waals surface area contributed by atoms with Crippen molar-refractivity contribution in [2.24, 2.45) is 5.73 Å². The summed E-state index contributed by atoms with van der Waals surface area (Å²) in [7, 11) is -3.27. The number of benzene rings is 1. The normalized spacial score (nSPS) is 32.5. The van der Waals surface area contributed by atoms with Crippen LogP contribution in [0.1, 0.15) is 11.5 Å². The van der Waals surface area contributed by atoms with Gasteiger partial charge in [-0.05, 0) is 17.7 Å². The quantitative estimate of drug-likeness (QED) is 0.844. The number of rotatable bonds is 3. The van der Waals surface area contributed by atoms with Gasteiger partial charge in [0.2, 0.25) is 0 Å². The molecule has 1 aromatic rings. The summed E-state index contributed by atoms with van der Waals surface area (Å²) in [6.07, 6.45) is 1.14. The summed E-state index contributed by atoms with van der Waals surface area (Å²) >= 11 is 5.77. The van der Waals surface area contributed by atoms with Crippen LogP contribution in [-0.2, 0) is 9.84 Å². The molecule has 0 saturated heterocycles. The van der Waals surface area contributed by atoms with Crippen molar-refractivity contribution in [3.8, 4) is 0 Å². The Kier molecular flexibility index (Phi) is 2.98. The van der Waals surface area contributed by atoms with Crippen molar-refractivity contribution in [3.63, 3.8) is 0 Å². The Labute approximate surface area is 105 Å². The number of hydrogen-bond acceptors (Lipinski definition) is 4. The third-order valence-electron chi connectivity index (χ3n) is 3.27. The van der Waals surface area contributed by atoms with E-state index in [9.17, 15) is 13.5 Å². The Hall–Kier alpha value is -0.620. The minimum atomic E-state index is -3.27. The second-order valence-corrected chi connectivity index (χ2v) is 7.15. The van der Waals surface area contributed by atoms with E-state index in [4.69, 9.17) is 17.3 Å². The zero-order valence-corrected chi connectivity index (χ0v) is 10.9. The third kappa shape index (κ3) is 2.08. The van der Waals surface area contributed by atoms with Crippen molar-refractivity contribution in [2.45, 2.75) is 16.7 Å². The van der Waals surface area contributed by atoms with Crippen molar-refractivity contribution in [3.05, 3.63) is 34.9 Å². The molecule has 17 heavy (non-hydrogen) atoms. The summed E-state index contributed by atoms with van der Waals surface area (Å²) in [4.78, 5) is 0. The topological polar surface area (TPSA) is 80.4 Å². The van der Waals surface area contributed by atoms with Crippen LogP contribution in [0, 0.1) is 0 Å². The fourth-order valence-electron chi connectivity index (χ4n) is 2.41. The largest absolute Gasteiger partial charge is 0.394 e.